The molecule has 10 nitrogen and oxygen atoms in total. The third-order valence-corrected chi connectivity index (χ3v) is 9.68. The zero-order valence-electron chi connectivity index (χ0n) is 27.8. The van der Waals surface area contributed by atoms with Gasteiger partial charge in [-0.1, -0.05) is 6.07 Å². The number of hydrogen-bond acceptors (Lipinski definition) is 7. The first kappa shape index (κ1) is 36.2. The van der Waals surface area contributed by atoms with Crippen molar-refractivity contribution in [2.75, 3.05) is 51.3 Å². The van der Waals surface area contributed by atoms with Crippen LogP contribution in [0.5, 0.6) is 11.5 Å². The first-order chi connectivity index (χ1) is 21.6. The number of pyridine rings is 1. The van der Waals surface area contributed by atoms with Crippen LogP contribution in [0.15, 0.2) is 36.7 Å². The number of fused-ring (bicyclic) bond motifs is 1. The molecule has 2 amide bonds. The molecule has 0 bridgehead atoms. The second-order valence-electron chi connectivity index (χ2n) is 13.6. The first-order valence-corrected chi connectivity index (χ1v) is 19.5. The molecular formula is C33H47FIN5O5S. The van der Waals surface area contributed by atoms with Crippen molar-refractivity contribution in [2.24, 2.45) is 0 Å². The van der Waals surface area contributed by atoms with Crippen LogP contribution in [0.4, 0.5) is 9.18 Å². The van der Waals surface area contributed by atoms with E-state index in [9.17, 15) is 9.59 Å². The van der Waals surface area contributed by atoms with Crippen LogP contribution < -0.4 is 15.4 Å². The summed E-state index contributed by atoms with van der Waals surface area (Å²) in [6.07, 6.45) is 11.4. The molecule has 3 aromatic rings. The third-order valence-electron chi connectivity index (χ3n) is 7.47. The van der Waals surface area contributed by atoms with Crippen molar-refractivity contribution >= 4 is 55.7 Å². The van der Waals surface area contributed by atoms with E-state index < -0.39 is 33.6 Å². The van der Waals surface area contributed by atoms with Crippen LogP contribution in [0.2, 0.25) is 0 Å². The number of carbonyl (C=O) groups is 2. The van der Waals surface area contributed by atoms with Gasteiger partial charge in [0, 0.05) is 34.2 Å². The van der Waals surface area contributed by atoms with E-state index in [2.05, 4.69) is 61.9 Å². The fraction of sp³-hybridized carbons (Fsp3) is 0.545. The molecule has 13 heteroatoms. The van der Waals surface area contributed by atoms with Crippen molar-refractivity contribution in [1.82, 2.24) is 25.1 Å². The van der Waals surface area contributed by atoms with Crippen LogP contribution in [0.25, 0.3) is 11.0 Å². The molecule has 2 aromatic heterocycles. The predicted octanol–water partition coefficient (Wildman–Crippen LogP) is 5.89. The minimum atomic E-state index is -0.950. The highest BCUT2D eigenvalue weighted by Crippen LogP contribution is 2.35. The fourth-order valence-electron chi connectivity index (χ4n) is 5.02. The lowest BCUT2D eigenvalue weighted by Gasteiger charge is -2.31. The molecule has 1 saturated heterocycles. The van der Waals surface area contributed by atoms with Gasteiger partial charge in [0.05, 0.1) is 12.0 Å². The van der Waals surface area contributed by atoms with Gasteiger partial charge in [0.15, 0.2) is 11.6 Å². The number of likely N-dealkylation sites (tertiary alicyclic amines) is 1. The van der Waals surface area contributed by atoms with E-state index in [0.717, 1.165) is 40.6 Å². The van der Waals surface area contributed by atoms with Crippen molar-refractivity contribution in [3.63, 3.8) is 0 Å². The van der Waals surface area contributed by atoms with Gasteiger partial charge >= 0.3 is 6.09 Å². The second kappa shape index (κ2) is 15.5. The van der Waals surface area contributed by atoms with Crippen LogP contribution >= 0.6 is 32.6 Å². The number of hydrogen-bond donors (Lipinski definition) is 2. The van der Waals surface area contributed by atoms with Gasteiger partial charge in [0.25, 0.3) is 0 Å². The molecule has 0 aliphatic carbocycles. The first-order valence-electron chi connectivity index (χ1n) is 15.4. The van der Waals surface area contributed by atoms with E-state index >= 15 is 4.39 Å². The number of piperidine rings is 1. The molecule has 4 rings (SSSR count). The van der Waals surface area contributed by atoms with E-state index in [1.807, 2.05) is 17.8 Å². The molecular weight excluding hydrogens is 724 g/mol. The number of rotatable bonds is 12. The highest BCUT2D eigenvalue weighted by Gasteiger charge is 2.28. The summed E-state index contributed by atoms with van der Waals surface area (Å²) >= 11 is 2.22. The van der Waals surface area contributed by atoms with Crippen molar-refractivity contribution in [2.45, 2.75) is 64.4 Å². The minimum Gasteiger partial charge on any atom is -0.453 e. The summed E-state index contributed by atoms with van der Waals surface area (Å²) in [5.74, 6) is 0.610. The van der Waals surface area contributed by atoms with Crippen molar-refractivity contribution in [3.8, 4) is 11.5 Å². The maximum Gasteiger partial charge on any atom is 0.408 e. The second-order valence-corrected chi connectivity index (χ2v) is 19.4. The van der Waals surface area contributed by atoms with Gasteiger partial charge in [-0.25, -0.2) is 24.2 Å². The topological polar surface area (TPSA) is 107 Å². The van der Waals surface area contributed by atoms with Crippen molar-refractivity contribution < 1.29 is 28.2 Å². The Labute approximate surface area is 286 Å². The van der Waals surface area contributed by atoms with Crippen molar-refractivity contribution in [3.05, 3.63) is 51.6 Å². The van der Waals surface area contributed by atoms with Crippen LogP contribution in [-0.4, -0.2) is 95.4 Å². The Balaban J connectivity index is 1.48. The Morgan fingerprint density at radius 3 is 2.52 bits per heavy atom. The number of benzene rings is 1. The van der Waals surface area contributed by atoms with Gasteiger partial charge in [0.2, 0.25) is 5.91 Å². The van der Waals surface area contributed by atoms with E-state index in [-0.39, 0.29) is 24.1 Å². The summed E-state index contributed by atoms with van der Waals surface area (Å²) in [6.45, 7) is 8.04. The number of amides is 2. The molecule has 0 spiro atoms. The zero-order valence-corrected chi connectivity index (χ0v) is 30.8. The van der Waals surface area contributed by atoms with E-state index in [0.29, 0.717) is 30.3 Å². The Kier molecular flexibility index (Phi) is 12.2. The number of alkyl carbamates (subject to hydrolysis) is 1. The molecule has 1 fully saturated rings. The fourth-order valence-corrected chi connectivity index (χ4v) is 6.48. The van der Waals surface area contributed by atoms with Crippen LogP contribution in [-0.2, 0) is 27.4 Å². The smallest absolute Gasteiger partial charge is 0.408 e. The SMILES string of the molecule is CN1CCC(NC(=O)[C@H](Cc2ccc(Oc3ccnc4c3c(I)cn4COCCS(C)(C)C)c(F)c2)NC(=O)OC(C)(C)C)CC1. The molecule has 46 heavy (non-hydrogen) atoms. The molecule has 1 aromatic carbocycles. The minimum absolute atomic E-state index is 0.00468. The summed E-state index contributed by atoms with van der Waals surface area (Å²) in [6, 6.07) is 5.34. The Morgan fingerprint density at radius 1 is 1.15 bits per heavy atom. The number of aromatic nitrogens is 2. The Hall–Kier alpha value is -2.62. The number of halogens is 2. The van der Waals surface area contributed by atoms with Crippen molar-refractivity contribution in [1.29, 1.82) is 0 Å². The lowest BCUT2D eigenvalue weighted by molar-refractivity contribution is -0.124. The molecule has 1 atom stereocenters. The summed E-state index contributed by atoms with van der Waals surface area (Å²) < 4.78 is 35.8. The van der Waals surface area contributed by atoms with E-state index in [1.54, 1.807) is 39.1 Å². The molecule has 3 heterocycles. The molecule has 0 unspecified atom stereocenters. The maximum atomic E-state index is 15.5. The lowest BCUT2D eigenvalue weighted by atomic mass is 10.0. The molecule has 0 saturated carbocycles. The average molecular weight is 772 g/mol. The zero-order chi connectivity index (χ0) is 33.6. The summed E-state index contributed by atoms with van der Waals surface area (Å²) in [5, 5.41) is 6.52. The largest absolute Gasteiger partial charge is 0.453 e. The lowest BCUT2D eigenvalue weighted by Crippen LogP contribution is -2.53. The van der Waals surface area contributed by atoms with Crippen LogP contribution in [0.3, 0.4) is 0 Å². The van der Waals surface area contributed by atoms with Crippen LogP contribution in [0, 0.1) is 9.39 Å². The standard InChI is InChI=1S/C33H47FIN5O5S/c1-33(2,3)45-32(42)38-26(31(41)37-23-11-14-39(4)15-12-23)19-22-8-9-27(24(34)18-22)44-28-10-13-36-30-29(28)25(35)20-40(30)21-43-16-17-46(5,6)7/h8-10,13,18,20,23,26H,11-12,14-17,19,21H2,1-7H3,(H,37,41)(H,38,42)/t26-/m0/s1. The van der Waals surface area contributed by atoms with Gasteiger partial charge in [-0.2, -0.15) is 0 Å². The van der Waals surface area contributed by atoms with E-state index in [1.165, 1.54) is 12.1 Å². The number of carbonyl (C=O) groups excluding carboxylic acids is 2. The monoisotopic (exact) mass is 771 g/mol. The van der Waals surface area contributed by atoms with Gasteiger partial charge in [-0.15, -0.1) is 0 Å². The van der Waals surface area contributed by atoms with E-state index in [4.69, 9.17) is 14.2 Å². The summed E-state index contributed by atoms with van der Waals surface area (Å²) in [5.41, 5.74) is 0.481. The van der Waals surface area contributed by atoms with Gasteiger partial charge in [-0.3, -0.25) is 4.79 Å². The highest BCUT2D eigenvalue weighted by molar-refractivity contribution is 14.1. The molecule has 1 aliphatic heterocycles. The predicted molar refractivity (Wildman–Crippen MR) is 191 cm³/mol. The highest BCUT2D eigenvalue weighted by atomic mass is 127. The molecule has 2 N–H and O–H groups in total. The maximum absolute atomic E-state index is 15.5. The quantitative estimate of drug-likeness (QED) is 0.175. The number of nitrogens with zero attached hydrogens (tertiary/aromatic N) is 3. The molecule has 0 radical (unpaired) electrons. The summed E-state index contributed by atoms with van der Waals surface area (Å²) in [4.78, 5) is 32.7. The Bertz CT molecular complexity index is 1510. The van der Waals surface area contributed by atoms with Gasteiger partial charge in [0.1, 0.15) is 29.8 Å². The number of nitrogens with one attached hydrogen (secondary N) is 2. The normalized spacial score (nSPS) is 15.8. The third kappa shape index (κ3) is 10.7. The molecule has 1 aliphatic rings. The van der Waals surface area contributed by atoms with Crippen LogP contribution in [0.1, 0.15) is 39.2 Å². The number of ether oxygens (including phenoxy) is 3. The van der Waals surface area contributed by atoms with Gasteiger partial charge in [-0.05, 0) is 119 Å². The Morgan fingerprint density at radius 2 is 1.87 bits per heavy atom. The summed E-state index contributed by atoms with van der Waals surface area (Å²) in [7, 11) is 1.40. The van der Waals surface area contributed by atoms with Gasteiger partial charge < -0.3 is 34.3 Å². The average Bonchev–Trinajstić information content (AvgIpc) is 3.28. The molecule has 254 valence electrons.